The number of hydrogen-bond acceptors (Lipinski definition) is 6. The topological polar surface area (TPSA) is 150 Å². The molecule has 0 spiro atoms. The van der Waals surface area contributed by atoms with Gasteiger partial charge in [-0.1, -0.05) is 6.07 Å². The van der Waals surface area contributed by atoms with Crippen LogP contribution in [0, 0.1) is 5.41 Å². The summed E-state index contributed by atoms with van der Waals surface area (Å²) in [4.78, 5) is 34.6. The van der Waals surface area contributed by atoms with Gasteiger partial charge < -0.3 is 20.7 Å². The number of carboxylic acids is 1. The Hall–Kier alpha value is -4.73. The molecule has 0 aliphatic heterocycles. The number of nitrogen functional groups attached to an aromatic ring is 1. The lowest BCUT2D eigenvalue weighted by Gasteiger charge is -2.21. The molecule has 5 N–H and O–H groups in total. The van der Waals surface area contributed by atoms with Crippen molar-refractivity contribution in [3.8, 4) is 0 Å². The van der Waals surface area contributed by atoms with Crippen LogP contribution in [0.1, 0.15) is 22.3 Å². The first kappa shape index (κ1) is 22.5. The highest BCUT2D eigenvalue weighted by Crippen LogP contribution is 2.24. The van der Waals surface area contributed by atoms with Gasteiger partial charge in [-0.15, -0.1) is 0 Å². The van der Waals surface area contributed by atoms with Crippen molar-refractivity contribution in [3.05, 3.63) is 78.0 Å². The molecule has 10 heteroatoms. The second-order valence-electron chi connectivity index (χ2n) is 7.60. The lowest BCUT2D eigenvalue weighted by atomic mass is 10.1. The summed E-state index contributed by atoms with van der Waals surface area (Å²) in [7, 11) is 1.86. The molecule has 0 aliphatic carbocycles. The number of aryl methyl sites for hydroxylation is 1. The Balaban J connectivity index is 1.62. The molecule has 10 nitrogen and oxygen atoms in total. The van der Waals surface area contributed by atoms with E-state index in [1.54, 1.807) is 66.9 Å². The fourth-order valence-electron chi connectivity index (χ4n) is 3.50. The Morgan fingerprint density at radius 1 is 1.12 bits per heavy atom. The van der Waals surface area contributed by atoms with Crippen LogP contribution in [0.15, 0.2) is 66.9 Å². The van der Waals surface area contributed by atoms with E-state index < -0.39 is 5.97 Å². The second kappa shape index (κ2) is 9.41. The third kappa shape index (κ3) is 4.70. The van der Waals surface area contributed by atoms with Gasteiger partial charge in [0.25, 0.3) is 5.91 Å². The molecular formula is C24H23N7O3. The van der Waals surface area contributed by atoms with Crippen molar-refractivity contribution >= 4 is 46.2 Å². The summed E-state index contributed by atoms with van der Waals surface area (Å²) in [5, 5.41) is 19.8. The van der Waals surface area contributed by atoms with Crippen molar-refractivity contribution < 1.29 is 14.7 Å². The predicted molar refractivity (Wildman–Crippen MR) is 130 cm³/mol. The number of aromatic nitrogens is 3. The molecule has 0 unspecified atom stereocenters. The third-order valence-corrected chi connectivity index (χ3v) is 5.30. The molecule has 2 aromatic carbocycles. The second-order valence-corrected chi connectivity index (χ2v) is 7.60. The minimum absolute atomic E-state index is 0.00502. The molecule has 0 fully saturated rings. The average molecular weight is 457 g/mol. The number of rotatable bonds is 8. The summed E-state index contributed by atoms with van der Waals surface area (Å²) in [5.41, 5.74) is 8.70. The number of carbonyl (C=O) groups is 2. The molecule has 0 bridgehead atoms. The fourth-order valence-corrected chi connectivity index (χ4v) is 3.50. The van der Waals surface area contributed by atoms with Crippen LogP contribution in [-0.4, -0.2) is 43.9 Å². The van der Waals surface area contributed by atoms with Crippen LogP contribution >= 0.6 is 0 Å². The molecule has 0 saturated heterocycles. The molecule has 0 atom stereocenters. The van der Waals surface area contributed by atoms with Crippen LogP contribution in [0.5, 0.6) is 0 Å². The zero-order chi connectivity index (χ0) is 24.2. The van der Waals surface area contributed by atoms with Crippen LogP contribution in [-0.2, 0) is 11.8 Å². The third-order valence-electron chi connectivity index (χ3n) is 5.30. The van der Waals surface area contributed by atoms with Crippen LogP contribution in [0.4, 0.5) is 17.5 Å². The van der Waals surface area contributed by atoms with Gasteiger partial charge in [0.05, 0.1) is 17.5 Å². The first-order chi connectivity index (χ1) is 16.3. The first-order valence-corrected chi connectivity index (χ1v) is 10.5. The minimum atomic E-state index is -0.999. The Morgan fingerprint density at radius 3 is 2.50 bits per heavy atom. The molecule has 0 aliphatic rings. The number of aliphatic carboxylic acids is 1. The number of carboxylic acid groups (broad SMARTS) is 1. The van der Waals surface area contributed by atoms with Gasteiger partial charge >= 0.3 is 5.97 Å². The van der Waals surface area contributed by atoms with E-state index >= 15 is 0 Å². The molecule has 0 radical (unpaired) electrons. The summed E-state index contributed by atoms with van der Waals surface area (Å²) in [6.45, 7) is -0.00546. The molecule has 2 aromatic heterocycles. The van der Waals surface area contributed by atoms with Crippen LogP contribution in [0.25, 0.3) is 11.0 Å². The maximum atomic E-state index is 13.3. The number of fused-ring (bicyclic) bond motifs is 1. The normalized spacial score (nSPS) is 10.7. The first-order valence-electron chi connectivity index (χ1n) is 10.5. The van der Waals surface area contributed by atoms with Crippen molar-refractivity contribution in [2.45, 2.75) is 6.42 Å². The van der Waals surface area contributed by atoms with Gasteiger partial charge in [-0.25, -0.2) is 9.97 Å². The highest BCUT2D eigenvalue weighted by Gasteiger charge is 2.21. The van der Waals surface area contributed by atoms with Gasteiger partial charge in [0.2, 0.25) is 5.95 Å². The van der Waals surface area contributed by atoms with Gasteiger partial charge in [0.1, 0.15) is 11.7 Å². The zero-order valence-electron chi connectivity index (χ0n) is 18.4. The average Bonchev–Trinajstić information content (AvgIpc) is 3.14. The number of hydrogen-bond donors (Lipinski definition) is 4. The summed E-state index contributed by atoms with van der Waals surface area (Å²) < 4.78 is 1.86. The van der Waals surface area contributed by atoms with Crippen molar-refractivity contribution in [1.82, 2.24) is 14.5 Å². The molecule has 4 aromatic rings. The predicted octanol–water partition coefficient (Wildman–Crippen LogP) is 3.12. The monoisotopic (exact) mass is 457 g/mol. The van der Waals surface area contributed by atoms with Crippen molar-refractivity contribution in [3.63, 3.8) is 0 Å². The SMILES string of the molecule is Cn1c(Nc2ccc(C(=N)N)cc2)nc2cc(C(=O)N(CCC(=O)O)c3ccccn3)ccc21. The van der Waals surface area contributed by atoms with Crippen molar-refractivity contribution in [2.24, 2.45) is 12.8 Å². The van der Waals surface area contributed by atoms with E-state index in [-0.39, 0.29) is 24.7 Å². The fraction of sp³-hybridized carbons (Fsp3) is 0.125. The Kier molecular flexibility index (Phi) is 6.22. The van der Waals surface area contributed by atoms with Gasteiger partial charge in [-0.2, -0.15) is 0 Å². The van der Waals surface area contributed by atoms with E-state index in [9.17, 15) is 9.59 Å². The van der Waals surface area contributed by atoms with Crippen molar-refractivity contribution in [1.29, 1.82) is 5.41 Å². The van der Waals surface area contributed by atoms with Gasteiger partial charge in [0, 0.05) is 36.6 Å². The number of amides is 1. The number of nitrogens with two attached hydrogens (primary N) is 1. The number of carbonyl (C=O) groups excluding carboxylic acids is 1. The van der Waals surface area contributed by atoms with Gasteiger partial charge in [-0.3, -0.25) is 19.9 Å². The Labute approximate surface area is 195 Å². The minimum Gasteiger partial charge on any atom is -0.481 e. The maximum absolute atomic E-state index is 13.3. The quantitative estimate of drug-likeness (QED) is 0.234. The summed E-state index contributed by atoms with van der Waals surface area (Å²) >= 11 is 0. The van der Waals surface area contributed by atoms with E-state index in [0.717, 1.165) is 11.2 Å². The van der Waals surface area contributed by atoms with Gasteiger partial charge in [-0.05, 0) is 54.6 Å². The molecule has 2 heterocycles. The van der Waals surface area contributed by atoms with Crippen LogP contribution in [0.2, 0.25) is 0 Å². The maximum Gasteiger partial charge on any atom is 0.305 e. The number of benzene rings is 2. The molecule has 1 amide bonds. The summed E-state index contributed by atoms with van der Waals surface area (Å²) in [6.07, 6.45) is 1.35. The number of imidazole rings is 1. The standard InChI is InChI=1S/C24H23N7O3/c1-30-19-10-7-16(23(34)31(13-11-21(32)33)20-4-2-3-12-27-20)14-18(19)29-24(30)28-17-8-5-15(6-9-17)22(25)26/h2-10,12,14H,11,13H2,1H3,(H3,25,26)(H,28,29)(H,32,33). The molecule has 0 saturated carbocycles. The van der Waals surface area contributed by atoms with E-state index in [4.69, 9.17) is 16.2 Å². The zero-order valence-corrected chi connectivity index (χ0v) is 18.4. The summed E-state index contributed by atoms with van der Waals surface area (Å²) in [6, 6.07) is 17.4. The summed E-state index contributed by atoms with van der Waals surface area (Å²) in [5.74, 6) is -0.411. The Bertz CT molecular complexity index is 1360. The lowest BCUT2D eigenvalue weighted by molar-refractivity contribution is -0.136. The smallest absolute Gasteiger partial charge is 0.305 e. The van der Waals surface area contributed by atoms with Gasteiger partial charge in [0.15, 0.2) is 0 Å². The largest absolute Gasteiger partial charge is 0.481 e. The highest BCUT2D eigenvalue weighted by molar-refractivity contribution is 6.07. The number of amidine groups is 1. The van der Waals surface area contributed by atoms with Crippen LogP contribution in [0.3, 0.4) is 0 Å². The number of nitrogens with one attached hydrogen (secondary N) is 2. The lowest BCUT2D eigenvalue weighted by Crippen LogP contribution is -2.33. The number of anilines is 3. The van der Waals surface area contributed by atoms with E-state index in [2.05, 4.69) is 15.3 Å². The molecular weight excluding hydrogens is 434 g/mol. The molecule has 34 heavy (non-hydrogen) atoms. The Morgan fingerprint density at radius 2 is 1.85 bits per heavy atom. The van der Waals surface area contributed by atoms with E-state index in [0.29, 0.717) is 28.4 Å². The molecule has 4 rings (SSSR count). The number of pyridine rings is 1. The molecule has 172 valence electrons. The number of nitrogens with zero attached hydrogens (tertiary/aromatic N) is 4. The highest BCUT2D eigenvalue weighted by atomic mass is 16.4. The van der Waals surface area contributed by atoms with Crippen molar-refractivity contribution in [2.75, 3.05) is 16.8 Å². The van der Waals surface area contributed by atoms with E-state index in [1.165, 1.54) is 4.90 Å². The van der Waals surface area contributed by atoms with Crippen LogP contribution < -0.4 is 16.0 Å². The van der Waals surface area contributed by atoms with E-state index in [1.807, 2.05) is 11.6 Å².